The van der Waals surface area contributed by atoms with Gasteiger partial charge in [-0.05, 0) is 18.4 Å². The van der Waals surface area contributed by atoms with Crippen LogP contribution in [-0.4, -0.2) is 39.9 Å². The molecule has 1 N–H and O–H groups in total. The van der Waals surface area contributed by atoms with Gasteiger partial charge in [-0.2, -0.15) is 0 Å². The molecule has 2 aromatic rings. The van der Waals surface area contributed by atoms with E-state index in [1.165, 1.54) is 41.5 Å². The normalized spacial score (nSPS) is 10.6. The summed E-state index contributed by atoms with van der Waals surface area (Å²) in [6, 6.07) is 6.94. The van der Waals surface area contributed by atoms with Gasteiger partial charge in [0.05, 0.1) is 4.92 Å². The van der Waals surface area contributed by atoms with Gasteiger partial charge in [0.15, 0.2) is 5.82 Å². The van der Waals surface area contributed by atoms with Crippen molar-refractivity contribution in [2.75, 3.05) is 18.4 Å². The maximum atomic E-state index is 12.8. The van der Waals surface area contributed by atoms with Gasteiger partial charge in [-0.25, -0.2) is 0 Å². The number of benzene rings is 1. The number of hydrogen-bond donors (Lipinski definition) is 1. The number of hydrogen-bond acceptors (Lipinski definition) is 6. The summed E-state index contributed by atoms with van der Waals surface area (Å²) >= 11 is 0. The molecule has 0 aliphatic rings. The number of nitrogens with one attached hydrogen (secondary N) is 1. The molecule has 1 heterocycles. The van der Waals surface area contributed by atoms with E-state index in [-0.39, 0.29) is 23.6 Å². The molecule has 0 saturated heterocycles. The predicted molar refractivity (Wildman–Crippen MR) is 93.6 cm³/mol. The molecule has 138 valence electrons. The fraction of sp³-hybridized carbons (Fsp3) is 0.353. The molecule has 0 fully saturated rings. The van der Waals surface area contributed by atoms with Crippen LogP contribution in [0.15, 0.2) is 41.1 Å². The summed E-state index contributed by atoms with van der Waals surface area (Å²) in [5.74, 6) is -0.290. The predicted octanol–water partition coefficient (Wildman–Crippen LogP) is 2.71. The number of aromatic nitrogens is 1. The van der Waals surface area contributed by atoms with Crippen molar-refractivity contribution in [3.05, 3.63) is 52.3 Å². The lowest BCUT2D eigenvalue weighted by Crippen LogP contribution is -2.39. The molecule has 0 unspecified atom stereocenters. The van der Waals surface area contributed by atoms with Crippen LogP contribution in [0.25, 0.3) is 0 Å². The van der Waals surface area contributed by atoms with E-state index < -0.39 is 16.7 Å². The Morgan fingerprint density at radius 1 is 1.35 bits per heavy atom. The van der Waals surface area contributed by atoms with Gasteiger partial charge < -0.3 is 14.7 Å². The van der Waals surface area contributed by atoms with Crippen molar-refractivity contribution in [3.63, 3.8) is 0 Å². The van der Waals surface area contributed by atoms with E-state index >= 15 is 0 Å². The second-order valence-corrected chi connectivity index (χ2v) is 6.15. The summed E-state index contributed by atoms with van der Waals surface area (Å²) in [6.07, 6.45) is 2.01. The van der Waals surface area contributed by atoms with Crippen molar-refractivity contribution < 1.29 is 19.0 Å². The lowest BCUT2D eigenvalue weighted by atomic mass is 10.1. The number of nitro groups is 1. The quantitative estimate of drug-likeness (QED) is 0.571. The van der Waals surface area contributed by atoms with Crippen molar-refractivity contribution in [3.8, 4) is 0 Å². The Bertz CT molecular complexity index is 773. The zero-order chi connectivity index (χ0) is 19.1. The first kappa shape index (κ1) is 19.1. The Morgan fingerprint density at radius 3 is 2.73 bits per heavy atom. The molecule has 0 atom stereocenters. The third kappa shape index (κ3) is 5.40. The third-order valence-corrected chi connectivity index (χ3v) is 3.61. The van der Waals surface area contributed by atoms with E-state index in [4.69, 9.17) is 0 Å². The molecule has 2 amide bonds. The first-order valence-electron chi connectivity index (χ1n) is 8.10. The highest BCUT2D eigenvalue weighted by molar-refractivity contribution is 5.99. The molecule has 0 aliphatic heterocycles. The van der Waals surface area contributed by atoms with E-state index in [0.29, 0.717) is 18.9 Å². The summed E-state index contributed by atoms with van der Waals surface area (Å²) in [6.45, 7) is 4.17. The monoisotopic (exact) mass is 360 g/mol. The van der Waals surface area contributed by atoms with Crippen LogP contribution in [0.5, 0.6) is 0 Å². The molecule has 0 spiro atoms. The van der Waals surface area contributed by atoms with Crippen LogP contribution < -0.4 is 5.32 Å². The average molecular weight is 360 g/mol. The molecule has 2 rings (SSSR count). The maximum Gasteiger partial charge on any atom is 0.270 e. The van der Waals surface area contributed by atoms with Crippen LogP contribution in [0.1, 0.15) is 30.6 Å². The van der Waals surface area contributed by atoms with E-state index in [1.54, 1.807) is 0 Å². The number of anilines is 1. The molecule has 9 nitrogen and oxygen atoms in total. The Kier molecular flexibility index (Phi) is 6.42. The molecular weight excluding hydrogens is 340 g/mol. The van der Waals surface area contributed by atoms with Crippen molar-refractivity contribution in [1.82, 2.24) is 10.1 Å². The first-order chi connectivity index (χ1) is 12.4. The molecule has 0 saturated carbocycles. The standard InChI is InChI=1S/C17H20N4O5/c1-12(2)6-8-20(11-16(22)18-15-7-9-26-19-15)17(23)13-4-3-5-14(10-13)21(24)25/h3-5,7,9-10,12H,6,8,11H2,1-2H3,(H,18,19,22). The molecule has 0 radical (unpaired) electrons. The van der Waals surface area contributed by atoms with Gasteiger partial charge >= 0.3 is 0 Å². The number of rotatable bonds is 8. The van der Waals surface area contributed by atoms with Crippen LogP contribution in [-0.2, 0) is 4.79 Å². The lowest BCUT2D eigenvalue weighted by molar-refractivity contribution is -0.384. The minimum Gasteiger partial charge on any atom is -0.363 e. The number of amides is 2. The Hall–Kier alpha value is -3.23. The second-order valence-electron chi connectivity index (χ2n) is 6.15. The summed E-state index contributed by atoms with van der Waals surface area (Å²) in [4.78, 5) is 36.7. The van der Waals surface area contributed by atoms with E-state index in [0.717, 1.165) is 0 Å². The molecule has 1 aromatic heterocycles. The van der Waals surface area contributed by atoms with Gasteiger partial charge in [-0.3, -0.25) is 19.7 Å². The van der Waals surface area contributed by atoms with Crippen LogP contribution >= 0.6 is 0 Å². The average Bonchev–Trinajstić information content (AvgIpc) is 3.10. The molecule has 0 bridgehead atoms. The third-order valence-electron chi connectivity index (χ3n) is 3.61. The van der Waals surface area contributed by atoms with Crippen molar-refractivity contribution in [1.29, 1.82) is 0 Å². The van der Waals surface area contributed by atoms with Gasteiger partial charge in [0.2, 0.25) is 5.91 Å². The van der Waals surface area contributed by atoms with Gasteiger partial charge in [0.1, 0.15) is 12.8 Å². The highest BCUT2D eigenvalue weighted by atomic mass is 16.6. The largest absolute Gasteiger partial charge is 0.363 e. The Labute approximate surface area is 150 Å². The first-order valence-corrected chi connectivity index (χ1v) is 8.10. The minimum atomic E-state index is -0.563. The van der Waals surface area contributed by atoms with Crippen LogP contribution in [0.2, 0.25) is 0 Å². The highest BCUT2D eigenvalue weighted by Gasteiger charge is 2.21. The van der Waals surface area contributed by atoms with E-state index in [2.05, 4.69) is 15.0 Å². The van der Waals surface area contributed by atoms with Crippen LogP contribution in [0, 0.1) is 16.0 Å². The van der Waals surface area contributed by atoms with Gasteiger partial charge in [0.25, 0.3) is 11.6 Å². The highest BCUT2D eigenvalue weighted by Crippen LogP contribution is 2.16. The number of carbonyl (C=O) groups excluding carboxylic acids is 2. The summed E-state index contributed by atoms with van der Waals surface area (Å²) < 4.78 is 4.64. The fourth-order valence-electron chi connectivity index (χ4n) is 2.23. The molecule has 26 heavy (non-hydrogen) atoms. The topological polar surface area (TPSA) is 119 Å². The number of carbonyl (C=O) groups is 2. The maximum absolute atomic E-state index is 12.8. The number of non-ortho nitro benzene ring substituents is 1. The van der Waals surface area contributed by atoms with Crippen LogP contribution in [0.4, 0.5) is 11.5 Å². The van der Waals surface area contributed by atoms with Gasteiger partial charge in [-0.15, -0.1) is 0 Å². The molecule has 9 heteroatoms. The van der Waals surface area contributed by atoms with Crippen molar-refractivity contribution in [2.45, 2.75) is 20.3 Å². The van der Waals surface area contributed by atoms with Crippen molar-refractivity contribution in [2.24, 2.45) is 5.92 Å². The zero-order valence-corrected chi connectivity index (χ0v) is 14.5. The van der Waals surface area contributed by atoms with E-state index in [9.17, 15) is 19.7 Å². The van der Waals surface area contributed by atoms with Crippen molar-refractivity contribution >= 4 is 23.3 Å². The fourth-order valence-corrected chi connectivity index (χ4v) is 2.23. The molecule has 0 aliphatic carbocycles. The summed E-state index contributed by atoms with van der Waals surface area (Å²) in [5.41, 5.74) is -0.0103. The van der Waals surface area contributed by atoms with E-state index in [1.807, 2.05) is 13.8 Å². The minimum absolute atomic E-state index is 0.164. The van der Waals surface area contributed by atoms with Gasteiger partial charge in [-0.1, -0.05) is 25.1 Å². The SMILES string of the molecule is CC(C)CCN(CC(=O)Nc1ccon1)C(=O)c1cccc([N+](=O)[O-])c1. The smallest absolute Gasteiger partial charge is 0.270 e. The molecular formula is C17H20N4O5. The molecule has 1 aromatic carbocycles. The summed E-state index contributed by atoms with van der Waals surface area (Å²) in [5, 5.41) is 17.0. The second kappa shape index (κ2) is 8.75. The number of nitro benzene ring substituents is 1. The van der Waals surface area contributed by atoms with Crippen LogP contribution in [0.3, 0.4) is 0 Å². The van der Waals surface area contributed by atoms with Gasteiger partial charge in [0, 0.05) is 30.3 Å². The summed E-state index contributed by atoms with van der Waals surface area (Å²) in [7, 11) is 0. The Morgan fingerprint density at radius 2 is 2.12 bits per heavy atom. The Balaban J connectivity index is 2.14. The zero-order valence-electron chi connectivity index (χ0n) is 14.5. The number of nitrogens with zero attached hydrogens (tertiary/aromatic N) is 3. The lowest BCUT2D eigenvalue weighted by Gasteiger charge is -2.23.